The molecule has 0 N–H and O–H groups in total. The number of nitrogens with zero attached hydrogens (tertiary/aromatic N) is 1. The van der Waals surface area contributed by atoms with Gasteiger partial charge in [0.25, 0.3) is 5.69 Å². The quantitative estimate of drug-likeness (QED) is 0.595. The lowest BCUT2D eigenvalue weighted by atomic mass is 10.1. The Balaban J connectivity index is 0. The molecule has 1 aromatic rings. The molecule has 0 bridgehead atoms. The molecule has 0 atom stereocenters. The third-order valence-corrected chi connectivity index (χ3v) is 1.63. The van der Waals surface area contributed by atoms with Gasteiger partial charge in [-0.2, -0.15) is 0 Å². The van der Waals surface area contributed by atoms with Crippen LogP contribution in [0.4, 0.5) is 5.69 Å². The molecule has 0 aliphatic heterocycles. The minimum atomic E-state index is -0.474. The Labute approximate surface area is 103 Å². The summed E-state index contributed by atoms with van der Waals surface area (Å²) < 4.78 is 0. The fourth-order valence-electron chi connectivity index (χ4n) is 1.11. The van der Waals surface area contributed by atoms with Crippen LogP contribution in [0, 0.1) is 10.1 Å². The Morgan fingerprint density at radius 1 is 1.18 bits per heavy atom. The van der Waals surface area contributed by atoms with Gasteiger partial charge in [0.15, 0.2) is 0 Å². The average molecular weight is 239 g/mol. The third-order valence-electron chi connectivity index (χ3n) is 1.63. The highest BCUT2D eigenvalue weighted by Crippen LogP contribution is 2.17. The Morgan fingerprint density at radius 3 is 2.06 bits per heavy atom. The van der Waals surface area contributed by atoms with Crippen LogP contribution in [0.2, 0.25) is 0 Å². The van der Waals surface area contributed by atoms with Crippen molar-refractivity contribution in [2.45, 2.75) is 41.0 Å². The zero-order valence-corrected chi connectivity index (χ0v) is 11.2. The zero-order chi connectivity index (χ0) is 13.8. The molecule has 0 heterocycles. The van der Waals surface area contributed by atoms with Crippen molar-refractivity contribution in [1.29, 1.82) is 0 Å². The SMILES string of the molecule is CC.CC.CC(=O)Cc1ccccc1[N+](=O)[O-]. The van der Waals surface area contributed by atoms with E-state index in [1.54, 1.807) is 18.2 Å². The second kappa shape index (κ2) is 10.8. The molecule has 0 aromatic heterocycles. The molecule has 0 spiro atoms. The van der Waals surface area contributed by atoms with Crippen LogP contribution < -0.4 is 0 Å². The minimum absolute atomic E-state index is 0.0118. The number of carbonyl (C=O) groups is 1. The average Bonchev–Trinajstić information content (AvgIpc) is 2.34. The highest BCUT2D eigenvalue weighted by atomic mass is 16.6. The maximum atomic E-state index is 10.8. The first-order chi connectivity index (χ1) is 8.11. The summed E-state index contributed by atoms with van der Waals surface area (Å²) in [5.74, 6) is -0.0747. The number of carbonyl (C=O) groups excluding carboxylic acids is 1. The van der Waals surface area contributed by atoms with Gasteiger partial charge in [-0.05, 0) is 6.92 Å². The van der Waals surface area contributed by atoms with E-state index in [4.69, 9.17) is 0 Å². The van der Waals surface area contributed by atoms with Gasteiger partial charge < -0.3 is 0 Å². The zero-order valence-electron chi connectivity index (χ0n) is 11.2. The van der Waals surface area contributed by atoms with Gasteiger partial charge in [-0.1, -0.05) is 45.9 Å². The summed E-state index contributed by atoms with van der Waals surface area (Å²) in [6.45, 7) is 9.41. The maximum Gasteiger partial charge on any atom is 0.273 e. The van der Waals surface area contributed by atoms with E-state index in [1.165, 1.54) is 13.0 Å². The number of hydrogen-bond donors (Lipinski definition) is 0. The summed E-state index contributed by atoms with van der Waals surface area (Å²) in [5.41, 5.74) is 0.484. The molecule has 0 radical (unpaired) electrons. The predicted molar refractivity (Wildman–Crippen MR) is 70.2 cm³/mol. The summed E-state index contributed by atoms with van der Waals surface area (Å²) in [4.78, 5) is 20.8. The van der Waals surface area contributed by atoms with Crippen molar-refractivity contribution in [2.24, 2.45) is 0 Å². The fourth-order valence-corrected chi connectivity index (χ4v) is 1.11. The van der Waals surface area contributed by atoms with E-state index in [0.717, 1.165) is 0 Å². The highest BCUT2D eigenvalue weighted by Gasteiger charge is 2.12. The summed E-state index contributed by atoms with van der Waals surface area (Å²) in [6, 6.07) is 6.27. The molecular formula is C13H21NO3. The van der Waals surface area contributed by atoms with Gasteiger partial charge in [-0.25, -0.2) is 0 Å². The summed E-state index contributed by atoms with van der Waals surface area (Å²) in [5, 5.41) is 10.5. The van der Waals surface area contributed by atoms with Crippen LogP contribution in [0.5, 0.6) is 0 Å². The molecule has 0 saturated heterocycles. The summed E-state index contributed by atoms with van der Waals surface area (Å²) in [6.07, 6.45) is 0.122. The van der Waals surface area contributed by atoms with E-state index in [0.29, 0.717) is 5.56 Å². The summed E-state index contributed by atoms with van der Waals surface area (Å²) >= 11 is 0. The van der Waals surface area contributed by atoms with E-state index in [1.807, 2.05) is 27.7 Å². The molecule has 0 aliphatic rings. The van der Waals surface area contributed by atoms with Crippen LogP contribution in [0.3, 0.4) is 0 Å². The van der Waals surface area contributed by atoms with Crippen molar-refractivity contribution in [3.05, 3.63) is 39.9 Å². The lowest BCUT2D eigenvalue weighted by Crippen LogP contribution is -2.00. The first-order valence-corrected chi connectivity index (χ1v) is 5.83. The van der Waals surface area contributed by atoms with Crippen LogP contribution in [-0.2, 0) is 11.2 Å². The number of benzene rings is 1. The van der Waals surface area contributed by atoms with Crippen LogP contribution in [0.15, 0.2) is 24.3 Å². The van der Waals surface area contributed by atoms with E-state index in [2.05, 4.69) is 0 Å². The van der Waals surface area contributed by atoms with Gasteiger partial charge in [-0.3, -0.25) is 14.9 Å². The van der Waals surface area contributed by atoms with Crippen molar-refractivity contribution >= 4 is 11.5 Å². The van der Waals surface area contributed by atoms with Crippen molar-refractivity contribution in [3.8, 4) is 0 Å². The maximum absolute atomic E-state index is 10.8. The van der Waals surface area contributed by atoms with Gasteiger partial charge in [-0.15, -0.1) is 0 Å². The largest absolute Gasteiger partial charge is 0.300 e. The molecule has 1 aromatic carbocycles. The fraction of sp³-hybridized carbons (Fsp3) is 0.462. The third kappa shape index (κ3) is 7.22. The van der Waals surface area contributed by atoms with Crippen molar-refractivity contribution in [1.82, 2.24) is 0 Å². The highest BCUT2D eigenvalue weighted by molar-refractivity contribution is 5.79. The van der Waals surface area contributed by atoms with Crippen molar-refractivity contribution in [3.63, 3.8) is 0 Å². The Kier molecular flexibility index (Phi) is 11.2. The molecule has 4 nitrogen and oxygen atoms in total. The first kappa shape index (κ1) is 17.7. The van der Waals surface area contributed by atoms with Gasteiger partial charge in [0, 0.05) is 18.1 Å². The van der Waals surface area contributed by atoms with Gasteiger partial charge >= 0.3 is 0 Å². The number of nitro benzene ring substituents is 1. The van der Waals surface area contributed by atoms with Gasteiger partial charge in [0.1, 0.15) is 5.78 Å². The second-order valence-electron chi connectivity index (χ2n) is 2.76. The Hall–Kier alpha value is -1.71. The molecule has 0 aliphatic carbocycles. The topological polar surface area (TPSA) is 60.2 Å². The van der Waals surface area contributed by atoms with Gasteiger partial charge in [0.05, 0.1) is 4.92 Å². The molecule has 0 amide bonds. The predicted octanol–water partition coefficient (Wildman–Crippen LogP) is 3.78. The number of ketones is 1. The Morgan fingerprint density at radius 2 is 1.65 bits per heavy atom. The molecule has 0 fully saturated rings. The standard InChI is InChI=1S/C9H9NO3.2C2H6/c1-7(11)6-8-4-2-3-5-9(8)10(12)13;2*1-2/h2-5H,6H2,1H3;2*1-2H3. The monoisotopic (exact) mass is 239 g/mol. The molecule has 0 saturated carbocycles. The van der Waals surface area contributed by atoms with Crippen LogP contribution in [0.1, 0.15) is 40.2 Å². The van der Waals surface area contributed by atoms with Crippen LogP contribution >= 0.6 is 0 Å². The van der Waals surface area contributed by atoms with E-state index in [9.17, 15) is 14.9 Å². The number of para-hydroxylation sites is 1. The minimum Gasteiger partial charge on any atom is -0.300 e. The molecule has 0 unspecified atom stereocenters. The smallest absolute Gasteiger partial charge is 0.273 e. The number of rotatable bonds is 3. The molecule has 4 heteroatoms. The van der Waals surface area contributed by atoms with Gasteiger partial charge in [0.2, 0.25) is 0 Å². The van der Waals surface area contributed by atoms with E-state index < -0.39 is 4.92 Å². The number of nitro groups is 1. The molecule has 1 rings (SSSR count). The summed E-state index contributed by atoms with van der Waals surface area (Å²) in [7, 11) is 0. The van der Waals surface area contributed by atoms with Crippen molar-refractivity contribution in [2.75, 3.05) is 0 Å². The molecule has 96 valence electrons. The molecule has 17 heavy (non-hydrogen) atoms. The van der Waals surface area contributed by atoms with Crippen LogP contribution in [0.25, 0.3) is 0 Å². The lowest BCUT2D eigenvalue weighted by molar-refractivity contribution is -0.385. The molecular weight excluding hydrogens is 218 g/mol. The number of Topliss-reactive ketones (excluding diaryl/α,β-unsaturated/α-hetero) is 1. The number of hydrogen-bond acceptors (Lipinski definition) is 3. The van der Waals surface area contributed by atoms with E-state index >= 15 is 0 Å². The van der Waals surface area contributed by atoms with Crippen molar-refractivity contribution < 1.29 is 9.72 Å². The van der Waals surface area contributed by atoms with Crippen LogP contribution in [-0.4, -0.2) is 10.7 Å². The second-order valence-corrected chi connectivity index (χ2v) is 2.76. The Bertz CT molecular complexity index is 348. The normalized spacial score (nSPS) is 8.06. The van der Waals surface area contributed by atoms with E-state index in [-0.39, 0.29) is 17.9 Å². The first-order valence-electron chi connectivity index (χ1n) is 5.83. The lowest BCUT2D eigenvalue weighted by Gasteiger charge is -1.98.